The van der Waals surface area contributed by atoms with E-state index in [1.165, 1.54) is 4.68 Å². The molecule has 152 valence electrons. The molecule has 0 aliphatic heterocycles. The van der Waals surface area contributed by atoms with E-state index in [-0.39, 0.29) is 5.56 Å². The Morgan fingerprint density at radius 1 is 1.31 bits per heavy atom. The third-order valence-electron chi connectivity index (χ3n) is 5.36. The van der Waals surface area contributed by atoms with Crippen LogP contribution in [-0.4, -0.2) is 26.5 Å². The average molecular weight is 395 g/mol. The molecule has 0 unspecified atom stereocenters. The fourth-order valence-electron chi connectivity index (χ4n) is 3.40. The molecule has 3 heterocycles. The summed E-state index contributed by atoms with van der Waals surface area (Å²) >= 11 is 0. The molecular formula is C21H25N5O3. The van der Waals surface area contributed by atoms with Gasteiger partial charge in [0, 0.05) is 48.9 Å². The number of nitrogens with zero attached hydrogens (tertiary/aromatic N) is 4. The summed E-state index contributed by atoms with van der Waals surface area (Å²) in [7, 11) is 1.62. The van der Waals surface area contributed by atoms with Crippen molar-refractivity contribution in [3.8, 4) is 5.88 Å². The minimum absolute atomic E-state index is 0.211. The second kappa shape index (κ2) is 7.69. The van der Waals surface area contributed by atoms with E-state index in [1.807, 2.05) is 27.0 Å². The molecule has 4 rings (SSSR count). The van der Waals surface area contributed by atoms with Crippen molar-refractivity contribution < 1.29 is 9.26 Å². The Labute approximate surface area is 168 Å². The van der Waals surface area contributed by atoms with Crippen molar-refractivity contribution in [3.63, 3.8) is 0 Å². The van der Waals surface area contributed by atoms with E-state index in [9.17, 15) is 4.79 Å². The third-order valence-corrected chi connectivity index (χ3v) is 5.36. The monoisotopic (exact) mass is 395 g/mol. The summed E-state index contributed by atoms with van der Waals surface area (Å²) < 4.78 is 12.4. The van der Waals surface area contributed by atoms with Crippen LogP contribution >= 0.6 is 0 Å². The van der Waals surface area contributed by atoms with Crippen molar-refractivity contribution in [2.24, 2.45) is 13.0 Å². The highest BCUT2D eigenvalue weighted by atomic mass is 16.5. The molecule has 29 heavy (non-hydrogen) atoms. The van der Waals surface area contributed by atoms with Gasteiger partial charge in [-0.2, -0.15) is 0 Å². The van der Waals surface area contributed by atoms with E-state index in [0.29, 0.717) is 36.6 Å². The van der Waals surface area contributed by atoms with Gasteiger partial charge in [-0.05, 0) is 38.8 Å². The number of ether oxygens (including phenoxy) is 1. The number of nitrogens with one attached hydrogen (secondary N) is 1. The maximum Gasteiger partial charge on any atom is 0.290 e. The van der Waals surface area contributed by atoms with Crippen molar-refractivity contribution in [2.45, 2.75) is 39.7 Å². The highest BCUT2D eigenvalue weighted by molar-refractivity contribution is 5.44. The van der Waals surface area contributed by atoms with Crippen LogP contribution in [0.15, 0.2) is 33.7 Å². The van der Waals surface area contributed by atoms with E-state index in [1.54, 1.807) is 13.1 Å². The molecule has 3 aromatic heterocycles. The van der Waals surface area contributed by atoms with Gasteiger partial charge in [0.1, 0.15) is 11.4 Å². The van der Waals surface area contributed by atoms with Crippen LogP contribution in [0.1, 0.15) is 40.6 Å². The summed E-state index contributed by atoms with van der Waals surface area (Å²) in [6.45, 7) is 6.76. The van der Waals surface area contributed by atoms with Crippen LogP contribution in [-0.2, 0) is 13.6 Å². The van der Waals surface area contributed by atoms with Gasteiger partial charge in [-0.25, -0.2) is 4.68 Å². The number of hydrogen-bond acceptors (Lipinski definition) is 7. The molecule has 0 bridgehead atoms. The maximum atomic E-state index is 12.4. The zero-order valence-electron chi connectivity index (χ0n) is 17.1. The molecular weight excluding hydrogens is 370 g/mol. The Morgan fingerprint density at radius 2 is 2.14 bits per heavy atom. The van der Waals surface area contributed by atoms with Crippen molar-refractivity contribution in [1.82, 2.24) is 19.9 Å². The minimum Gasteiger partial charge on any atom is -0.476 e. The van der Waals surface area contributed by atoms with Crippen LogP contribution in [0, 0.1) is 26.7 Å². The topological polar surface area (TPSA) is 95.1 Å². The van der Waals surface area contributed by atoms with E-state index >= 15 is 0 Å². The van der Waals surface area contributed by atoms with Gasteiger partial charge in [0.25, 0.3) is 5.56 Å². The largest absolute Gasteiger partial charge is 0.476 e. The van der Waals surface area contributed by atoms with Gasteiger partial charge in [-0.15, -0.1) is 5.10 Å². The molecule has 0 aromatic carbocycles. The molecule has 0 radical (unpaired) electrons. The molecule has 0 spiro atoms. The van der Waals surface area contributed by atoms with Gasteiger partial charge in [-0.3, -0.25) is 9.78 Å². The lowest BCUT2D eigenvalue weighted by atomic mass is 10.2. The van der Waals surface area contributed by atoms with Crippen molar-refractivity contribution in [3.05, 3.63) is 63.0 Å². The number of pyridine rings is 1. The summed E-state index contributed by atoms with van der Waals surface area (Å²) in [6, 6.07) is 5.83. The number of rotatable bonds is 7. The van der Waals surface area contributed by atoms with Crippen LogP contribution in [0.2, 0.25) is 0 Å². The first-order chi connectivity index (χ1) is 13.9. The molecule has 8 heteroatoms. The first-order valence-electron chi connectivity index (χ1n) is 9.71. The molecule has 1 fully saturated rings. The Morgan fingerprint density at radius 3 is 2.83 bits per heavy atom. The summed E-state index contributed by atoms with van der Waals surface area (Å²) in [5, 5.41) is 11.3. The van der Waals surface area contributed by atoms with Gasteiger partial charge in [-0.1, -0.05) is 11.2 Å². The van der Waals surface area contributed by atoms with Crippen LogP contribution < -0.4 is 15.6 Å². The van der Waals surface area contributed by atoms with E-state index in [0.717, 1.165) is 34.7 Å². The number of anilines is 1. The normalized spacial score (nSPS) is 17.9. The molecule has 8 nitrogen and oxygen atoms in total. The number of hydrogen-bond donors (Lipinski definition) is 1. The zero-order valence-corrected chi connectivity index (χ0v) is 17.1. The van der Waals surface area contributed by atoms with E-state index in [2.05, 4.69) is 32.7 Å². The molecule has 1 N–H and O–H groups in total. The molecule has 1 aliphatic rings. The predicted octanol–water partition coefficient (Wildman–Crippen LogP) is 2.88. The second-order valence-corrected chi connectivity index (χ2v) is 7.65. The van der Waals surface area contributed by atoms with Crippen LogP contribution in [0.4, 0.5) is 5.69 Å². The molecule has 1 saturated carbocycles. The lowest BCUT2D eigenvalue weighted by molar-refractivity contribution is 0.278. The van der Waals surface area contributed by atoms with E-state index in [4.69, 9.17) is 9.26 Å². The summed E-state index contributed by atoms with van der Waals surface area (Å²) in [5.41, 5.74) is 4.24. The first-order valence-corrected chi connectivity index (χ1v) is 9.71. The van der Waals surface area contributed by atoms with Gasteiger partial charge in [0.15, 0.2) is 0 Å². The second-order valence-electron chi connectivity index (χ2n) is 7.65. The SMILES string of the molecule is Cc1ccc([C@H]2C[C@@H]2COc2cc(NCc3c(C)noc3C)c(=O)n(C)n2)nc1. The highest BCUT2D eigenvalue weighted by Crippen LogP contribution is 2.46. The summed E-state index contributed by atoms with van der Waals surface area (Å²) in [6.07, 6.45) is 2.95. The predicted molar refractivity (Wildman–Crippen MR) is 108 cm³/mol. The number of aryl methyl sites for hydroxylation is 4. The maximum absolute atomic E-state index is 12.4. The van der Waals surface area contributed by atoms with Crippen molar-refractivity contribution >= 4 is 5.69 Å². The van der Waals surface area contributed by atoms with E-state index < -0.39 is 0 Å². The lowest BCUT2D eigenvalue weighted by Gasteiger charge is -2.10. The van der Waals surface area contributed by atoms with Gasteiger partial charge < -0.3 is 14.6 Å². The van der Waals surface area contributed by atoms with Crippen molar-refractivity contribution in [2.75, 3.05) is 11.9 Å². The Balaban J connectivity index is 1.40. The molecule has 1 aliphatic carbocycles. The number of aromatic nitrogens is 4. The summed E-state index contributed by atoms with van der Waals surface area (Å²) in [5.74, 6) is 2.01. The van der Waals surface area contributed by atoms with Crippen LogP contribution in [0.3, 0.4) is 0 Å². The fraction of sp³-hybridized carbons (Fsp3) is 0.429. The molecule has 2 atom stereocenters. The Kier molecular flexibility index (Phi) is 5.08. The van der Waals surface area contributed by atoms with Gasteiger partial charge in [0.05, 0.1) is 12.3 Å². The van der Waals surface area contributed by atoms with Gasteiger partial charge >= 0.3 is 0 Å². The Bertz CT molecular complexity index is 1050. The lowest BCUT2D eigenvalue weighted by Crippen LogP contribution is -2.24. The molecule has 0 amide bonds. The quantitative estimate of drug-likeness (QED) is 0.657. The third kappa shape index (κ3) is 4.16. The van der Waals surface area contributed by atoms with Crippen LogP contribution in [0.5, 0.6) is 5.88 Å². The highest BCUT2D eigenvalue weighted by Gasteiger charge is 2.40. The molecule has 0 saturated heterocycles. The average Bonchev–Trinajstić information content (AvgIpc) is 3.41. The van der Waals surface area contributed by atoms with Crippen LogP contribution in [0.25, 0.3) is 0 Å². The standard InChI is InChI=1S/C21H25N5O3/c1-12-5-6-18(22-9-12)16-7-15(16)11-28-20-8-19(21(27)26(4)24-20)23-10-17-13(2)25-29-14(17)3/h5-6,8-9,15-16,23H,7,10-11H2,1-4H3/t15-,16+/m1/s1. The first kappa shape index (κ1) is 19.2. The summed E-state index contributed by atoms with van der Waals surface area (Å²) in [4.78, 5) is 16.9. The zero-order chi connectivity index (χ0) is 20.5. The Hall–Kier alpha value is -3.16. The van der Waals surface area contributed by atoms with Crippen molar-refractivity contribution in [1.29, 1.82) is 0 Å². The minimum atomic E-state index is -0.211. The molecule has 3 aromatic rings. The van der Waals surface area contributed by atoms with Gasteiger partial charge in [0.2, 0.25) is 5.88 Å². The fourth-order valence-corrected chi connectivity index (χ4v) is 3.40. The smallest absolute Gasteiger partial charge is 0.290 e.